The molecule has 17 heavy (non-hydrogen) atoms. The standard InChI is InChI=1S/C12H9Cl2NO2/c1-7(16)8-2-4-9(5-3-8)15-6-10(13)11(14)12(15)17/h2-6,17H,1H3. The molecule has 1 N–H and O–H groups in total. The zero-order chi connectivity index (χ0) is 12.6. The Bertz CT molecular complexity index is 573. The van der Waals surface area contributed by atoms with Gasteiger partial charge in [-0.05, 0) is 31.2 Å². The van der Waals surface area contributed by atoms with Gasteiger partial charge in [-0.1, -0.05) is 23.2 Å². The van der Waals surface area contributed by atoms with E-state index < -0.39 is 0 Å². The lowest BCUT2D eigenvalue weighted by atomic mass is 10.1. The van der Waals surface area contributed by atoms with Crippen molar-refractivity contribution in [3.8, 4) is 11.6 Å². The molecule has 1 aromatic carbocycles. The molecule has 3 nitrogen and oxygen atoms in total. The minimum atomic E-state index is -0.118. The van der Waals surface area contributed by atoms with Crippen LogP contribution in [0.5, 0.6) is 5.88 Å². The molecular weight excluding hydrogens is 261 g/mol. The third-order valence-corrected chi connectivity index (χ3v) is 3.18. The summed E-state index contributed by atoms with van der Waals surface area (Å²) in [7, 11) is 0. The number of halogens is 2. The summed E-state index contributed by atoms with van der Waals surface area (Å²) in [6.07, 6.45) is 1.52. The highest BCUT2D eigenvalue weighted by Crippen LogP contribution is 2.35. The van der Waals surface area contributed by atoms with Crippen molar-refractivity contribution < 1.29 is 9.90 Å². The van der Waals surface area contributed by atoms with Crippen molar-refractivity contribution in [3.63, 3.8) is 0 Å². The number of ketones is 1. The van der Waals surface area contributed by atoms with Gasteiger partial charge in [0.05, 0.1) is 5.02 Å². The second kappa shape index (κ2) is 4.43. The Morgan fingerprint density at radius 3 is 2.24 bits per heavy atom. The summed E-state index contributed by atoms with van der Waals surface area (Å²) in [4.78, 5) is 11.1. The first-order valence-electron chi connectivity index (χ1n) is 4.87. The summed E-state index contributed by atoms with van der Waals surface area (Å²) >= 11 is 11.6. The minimum absolute atomic E-state index is 0.00987. The summed E-state index contributed by atoms with van der Waals surface area (Å²) in [5.74, 6) is -0.128. The molecule has 0 saturated heterocycles. The molecule has 0 saturated carbocycles. The Morgan fingerprint density at radius 1 is 1.24 bits per heavy atom. The zero-order valence-corrected chi connectivity index (χ0v) is 10.5. The van der Waals surface area contributed by atoms with Gasteiger partial charge in [0.25, 0.3) is 0 Å². The van der Waals surface area contributed by atoms with Crippen molar-refractivity contribution in [2.45, 2.75) is 6.92 Å². The van der Waals surface area contributed by atoms with Crippen molar-refractivity contribution >= 4 is 29.0 Å². The molecule has 0 aliphatic heterocycles. The van der Waals surface area contributed by atoms with E-state index in [0.29, 0.717) is 11.3 Å². The van der Waals surface area contributed by atoms with Crippen molar-refractivity contribution in [1.82, 2.24) is 4.57 Å². The van der Waals surface area contributed by atoms with Gasteiger partial charge in [-0.15, -0.1) is 0 Å². The van der Waals surface area contributed by atoms with Crippen LogP contribution in [0.3, 0.4) is 0 Å². The molecule has 0 spiro atoms. The molecule has 0 unspecified atom stereocenters. The number of carbonyl (C=O) groups excluding carboxylic acids is 1. The van der Waals surface area contributed by atoms with Gasteiger partial charge in [-0.2, -0.15) is 0 Å². The predicted octanol–water partition coefficient (Wildman–Crippen LogP) is 3.69. The number of Topliss-reactive ketones (excluding diaryl/α,β-unsaturated/α-hetero) is 1. The Balaban J connectivity index is 2.47. The average Bonchev–Trinajstić information content (AvgIpc) is 2.57. The van der Waals surface area contributed by atoms with Gasteiger partial charge in [0.15, 0.2) is 5.78 Å². The fourth-order valence-corrected chi connectivity index (χ4v) is 1.82. The van der Waals surface area contributed by atoms with Gasteiger partial charge in [0, 0.05) is 17.4 Å². The quantitative estimate of drug-likeness (QED) is 0.845. The lowest BCUT2D eigenvalue weighted by Gasteiger charge is -2.05. The lowest BCUT2D eigenvalue weighted by molar-refractivity contribution is 0.101. The Kier molecular flexibility index (Phi) is 3.13. The molecule has 5 heteroatoms. The van der Waals surface area contributed by atoms with Crippen LogP contribution in [0.15, 0.2) is 30.5 Å². The molecule has 2 aromatic rings. The molecule has 0 aliphatic rings. The molecular formula is C12H9Cl2NO2. The van der Waals surface area contributed by atoms with Gasteiger partial charge in [-0.3, -0.25) is 9.36 Å². The van der Waals surface area contributed by atoms with Crippen LogP contribution in [0.25, 0.3) is 5.69 Å². The Hall–Kier alpha value is -1.45. The van der Waals surface area contributed by atoms with Crippen molar-refractivity contribution in [2.24, 2.45) is 0 Å². The number of aromatic nitrogens is 1. The molecule has 2 rings (SSSR count). The monoisotopic (exact) mass is 269 g/mol. The predicted molar refractivity (Wildman–Crippen MR) is 67.5 cm³/mol. The van der Waals surface area contributed by atoms with E-state index in [2.05, 4.69) is 0 Å². The van der Waals surface area contributed by atoms with Crippen LogP contribution in [0, 0.1) is 0 Å². The molecule has 0 bridgehead atoms. The van der Waals surface area contributed by atoms with E-state index in [1.165, 1.54) is 17.7 Å². The van der Waals surface area contributed by atoms with Crippen LogP contribution in [0.4, 0.5) is 0 Å². The van der Waals surface area contributed by atoms with E-state index in [9.17, 15) is 9.90 Å². The molecule has 0 fully saturated rings. The van der Waals surface area contributed by atoms with Crippen LogP contribution in [0.1, 0.15) is 17.3 Å². The molecule has 0 aliphatic carbocycles. The van der Waals surface area contributed by atoms with Crippen LogP contribution in [0.2, 0.25) is 10.0 Å². The van der Waals surface area contributed by atoms with E-state index in [0.717, 1.165) is 0 Å². The highest BCUT2D eigenvalue weighted by molar-refractivity contribution is 6.43. The molecule has 0 radical (unpaired) electrons. The van der Waals surface area contributed by atoms with Gasteiger partial charge in [-0.25, -0.2) is 0 Å². The maximum absolute atomic E-state index is 11.1. The van der Waals surface area contributed by atoms with Gasteiger partial charge in [0.2, 0.25) is 5.88 Å². The summed E-state index contributed by atoms with van der Waals surface area (Å²) in [5, 5.41) is 10.1. The van der Waals surface area contributed by atoms with E-state index >= 15 is 0 Å². The van der Waals surface area contributed by atoms with Crippen LogP contribution >= 0.6 is 23.2 Å². The first-order chi connectivity index (χ1) is 8.00. The zero-order valence-electron chi connectivity index (χ0n) is 8.95. The largest absolute Gasteiger partial charge is 0.493 e. The summed E-state index contributed by atoms with van der Waals surface area (Å²) in [6.45, 7) is 1.50. The summed E-state index contributed by atoms with van der Waals surface area (Å²) in [5.41, 5.74) is 1.29. The Morgan fingerprint density at radius 2 is 1.82 bits per heavy atom. The molecule has 0 atom stereocenters. The third kappa shape index (κ3) is 2.16. The molecule has 88 valence electrons. The van der Waals surface area contributed by atoms with Crippen LogP contribution < -0.4 is 0 Å². The minimum Gasteiger partial charge on any atom is -0.493 e. The van der Waals surface area contributed by atoms with Crippen molar-refractivity contribution in [3.05, 3.63) is 46.1 Å². The van der Waals surface area contributed by atoms with E-state index in [1.807, 2.05) is 0 Å². The maximum Gasteiger partial charge on any atom is 0.216 e. The number of benzene rings is 1. The number of hydrogen-bond acceptors (Lipinski definition) is 2. The topological polar surface area (TPSA) is 42.2 Å². The second-order valence-electron chi connectivity index (χ2n) is 3.59. The molecule has 0 amide bonds. The Labute approximate surface area is 108 Å². The van der Waals surface area contributed by atoms with Crippen LogP contribution in [-0.2, 0) is 0 Å². The van der Waals surface area contributed by atoms with E-state index in [-0.39, 0.29) is 21.7 Å². The van der Waals surface area contributed by atoms with Crippen molar-refractivity contribution in [2.75, 3.05) is 0 Å². The molecule has 1 heterocycles. The number of carbonyl (C=O) groups is 1. The number of hydrogen-bond donors (Lipinski definition) is 1. The summed E-state index contributed by atoms with van der Waals surface area (Å²) < 4.78 is 1.45. The number of rotatable bonds is 2. The van der Waals surface area contributed by atoms with Gasteiger partial charge < -0.3 is 5.11 Å². The first kappa shape index (κ1) is 12.0. The SMILES string of the molecule is CC(=O)c1ccc(-n2cc(Cl)c(Cl)c2O)cc1. The van der Waals surface area contributed by atoms with Crippen molar-refractivity contribution in [1.29, 1.82) is 0 Å². The fourth-order valence-electron chi connectivity index (χ4n) is 1.50. The van der Waals surface area contributed by atoms with E-state index in [1.54, 1.807) is 24.3 Å². The lowest BCUT2D eigenvalue weighted by Crippen LogP contribution is -1.94. The fraction of sp³-hybridized carbons (Fsp3) is 0.0833. The molecule has 1 aromatic heterocycles. The normalized spacial score (nSPS) is 10.5. The van der Waals surface area contributed by atoms with Gasteiger partial charge in [0.1, 0.15) is 5.02 Å². The second-order valence-corrected chi connectivity index (χ2v) is 4.37. The average molecular weight is 270 g/mol. The maximum atomic E-state index is 11.1. The van der Waals surface area contributed by atoms with Gasteiger partial charge >= 0.3 is 0 Å². The number of nitrogens with zero attached hydrogens (tertiary/aromatic N) is 1. The van der Waals surface area contributed by atoms with Crippen LogP contribution in [-0.4, -0.2) is 15.5 Å². The highest BCUT2D eigenvalue weighted by atomic mass is 35.5. The smallest absolute Gasteiger partial charge is 0.216 e. The highest BCUT2D eigenvalue weighted by Gasteiger charge is 2.12. The first-order valence-corrected chi connectivity index (χ1v) is 5.63. The third-order valence-electron chi connectivity index (χ3n) is 2.43. The summed E-state index contributed by atoms with van der Waals surface area (Å²) in [6, 6.07) is 6.78. The number of aromatic hydroxyl groups is 1. The van der Waals surface area contributed by atoms with E-state index in [4.69, 9.17) is 23.2 Å².